The Morgan fingerprint density at radius 2 is 1.89 bits per heavy atom. The van der Waals surface area contributed by atoms with Crippen LogP contribution in [0.2, 0.25) is 0 Å². The van der Waals surface area contributed by atoms with Crippen LogP contribution < -0.4 is 5.32 Å². The maximum Gasteiger partial charge on any atom is 0.244 e. The third-order valence-electron chi connectivity index (χ3n) is 5.00. The minimum absolute atomic E-state index is 0.251. The van der Waals surface area contributed by atoms with Crippen molar-refractivity contribution in [1.82, 2.24) is 10.2 Å². The Kier molecular flexibility index (Phi) is 4.00. The number of hydrogen-bond donors (Lipinski definition) is 1. The van der Waals surface area contributed by atoms with Crippen molar-refractivity contribution in [2.45, 2.75) is 84.0 Å². The zero-order valence-corrected chi connectivity index (χ0v) is 12.3. The fraction of sp³-hybridized carbons (Fsp3) is 0.933. The van der Waals surface area contributed by atoms with Gasteiger partial charge < -0.3 is 4.90 Å². The molecule has 2 aliphatic rings. The van der Waals surface area contributed by atoms with Crippen LogP contribution in [0.1, 0.15) is 66.2 Å². The highest BCUT2D eigenvalue weighted by Crippen LogP contribution is 2.34. The Hall–Kier alpha value is -0.570. The van der Waals surface area contributed by atoms with E-state index in [1.165, 1.54) is 25.7 Å². The Labute approximate surface area is 111 Å². The molecule has 0 aromatic carbocycles. The summed E-state index contributed by atoms with van der Waals surface area (Å²) < 4.78 is 0. The van der Waals surface area contributed by atoms with E-state index in [9.17, 15) is 4.79 Å². The molecule has 0 spiro atoms. The van der Waals surface area contributed by atoms with Gasteiger partial charge in [0.1, 0.15) is 0 Å². The highest BCUT2D eigenvalue weighted by molar-refractivity contribution is 5.88. The summed E-state index contributed by atoms with van der Waals surface area (Å²) in [4.78, 5) is 14.8. The Balaban J connectivity index is 2.13. The van der Waals surface area contributed by atoms with Gasteiger partial charge in [0.15, 0.2) is 0 Å². The first-order valence-electron chi connectivity index (χ1n) is 7.62. The van der Waals surface area contributed by atoms with E-state index in [4.69, 9.17) is 0 Å². The summed E-state index contributed by atoms with van der Waals surface area (Å²) in [6.07, 6.45) is 7.05. The number of rotatable bonds is 3. The topological polar surface area (TPSA) is 32.3 Å². The molecule has 0 radical (unpaired) electrons. The number of amides is 1. The van der Waals surface area contributed by atoms with E-state index in [1.54, 1.807) is 0 Å². The first kappa shape index (κ1) is 13.9. The third-order valence-corrected chi connectivity index (χ3v) is 5.00. The van der Waals surface area contributed by atoms with Crippen molar-refractivity contribution in [3.63, 3.8) is 0 Å². The average molecular weight is 252 g/mol. The van der Waals surface area contributed by atoms with Gasteiger partial charge in [0, 0.05) is 6.04 Å². The monoisotopic (exact) mass is 252 g/mol. The molecular formula is C15H28N2O. The van der Waals surface area contributed by atoms with E-state index in [1.807, 2.05) is 0 Å². The lowest BCUT2D eigenvalue weighted by molar-refractivity contribution is -0.136. The summed E-state index contributed by atoms with van der Waals surface area (Å²) in [6.45, 7) is 8.66. The number of hydrogen-bond acceptors (Lipinski definition) is 2. The molecule has 1 saturated heterocycles. The van der Waals surface area contributed by atoms with E-state index in [2.05, 4.69) is 37.9 Å². The van der Waals surface area contributed by atoms with Gasteiger partial charge in [-0.15, -0.1) is 0 Å². The number of carbonyl (C=O) groups excluding carboxylic acids is 1. The van der Waals surface area contributed by atoms with Gasteiger partial charge in [-0.25, -0.2) is 0 Å². The molecular weight excluding hydrogens is 224 g/mol. The molecule has 1 heterocycles. The predicted octanol–water partition coefficient (Wildman–Crippen LogP) is 2.90. The molecule has 3 heteroatoms. The molecule has 2 unspecified atom stereocenters. The fourth-order valence-electron chi connectivity index (χ4n) is 3.42. The van der Waals surface area contributed by atoms with Gasteiger partial charge in [-0.2, -0.15) is 0 Å². The molecule has 0 bridgehead atoms. The molecule has 1 amide bonds. The zero-order chi connectivity index (χ0) is 13.3. The highest BCUT2D eigenvalue weighted by atomic mass is 16.2. The second-order valence-electron chi connectivity index (χ2n) is 6.38. The number of nitrogens with zero attached hydrogens (tertiary/aromatic N) is 1. The molecule has 3 nitrogen and oxygen atoms in total. The van der Waals surface area contributed by atoms with Gasteiger partial charge in [0.25, 0.3) is 0 Å². The van der Waals surface area contributed by atoms with Gasteiger partial charge in [-0.3, -0.25) is 10.1 Å². The van der Waals surface area contributed by atoms with Crippen molar-refractivity contribution in [3.05, 3.63) is 0 Å². The second-order valence-corrected chi connectivity index (χ2v) is 6.38. The average Bonchev–Trinajstić information content (AvgIpc) is 2.64. The molecule has 1 aliphatic carbocycles. The summed E-state index contributed by atoms with van der Waals surface area (Å²) in [6, 6.07) is 0.472. The van der Waals surface area contributed by atoms with E-state index < -0.39 is 0 Å². The SMILES string of the molecule is CCC1NC(C)(CC)C(=O)N1C1CCC(C)CC1. The Morgan fingerprint density at radius 3 is 2.39 bits per heavy atom. The standard InChI is InChI=1S/C15H28N2O/c1-5-13-16-15(4,6-2)14(18)17(13)12-9-7-11(3)8-10-12/h11-13,16H,5-10H2,1-4H3. The lowest BCUT2D eigenvalue weighted by Gasteiger charge is -2.36. The van der Waals surface area contributed by atoms with Crippen LogP contribution in [0, 0.1) is 5.92 Å². The molecule has 18 heavy (non-hydrogen) atoms. The van der Waals surface area contributed by atoms with Crippen LogP contribution in [0.4, 0.5) is 0 Å². The highest BCUT2D eigenvalue weighted by Gasteiger charge is 2.48. The predicted molar refractivity (Wildman–Crippen MR) is 74.2 cm³/mol. The van der Waals surface area contributed by atoms with Crippen molar-refractivity contribution in [2.24, 2.45) is 5.92 Å². The molecule has 2 atom stereocenters. The fourth-order valence-corrected chi connectivity index (χ4v) is 3.42. The van der Waals surface area contributed by atoms with Crippen LogP contribution in [0.5, 0.6) is 0 Å². The van der Waals surface area contributed by atoms with Crippen molar-refractivity contribution in [1.29, 1.82) is 0 Å². The largest absolute Gasteiger partial charge is 0.323 e. The van der Waals surface area contributed by atoms with E-state index >= 15 is 0 Å². The van der Waals surface area contributed by atoms with E-state index in [0.717, 1.165) is 18.8 Å². The van der Waals surface area contributed by atoms with E-state index in [-0.39, 0.29) is 11.7 Å². The molecule has 1 saturated carbocycles. The molecule has 0 aromatic heterocycles. The molecule has 0 aromatic rings. The van der Waals surface area contributed by atoms with Gasteiger partial charge in [-0.05, 0) is 51.4 Å². The second kappa shape index (κ2) is 5.20. The summed E-state index contributed by atoms with van der Waals surface area (Å²) in [7, 11) is 0. The first-order valence-corrected chi connectivity index (χ1v) is 7.62. The van der Waals surface area contributed by atoms with Crippen LogP contribution in [0.25, 0.3) is 0 Å². The Morgan fingerprint density at radius 1 is 1.28 bits per heavy atom. The van der Waals surface area contributed by atoms with Gasteiger partial charge in [0.05, 0.1) is 11.7 Å². The maximum atomic E-state index is 12.7. The minimum atomic E-state index is -0.330. The zero-order valence-electron chi connectivity index (χ0n) is 12.3. The van der Waals surface area contributed by atoms with Crippen LogP contribution in [0.15, 0.2) is 0 Å². The molecule has 1 aliphatic heterocycles. The van der Waals surface area contributed by atoms with Gasteiger partial charge in [-0.1, -0.05) is 20.8 Å². The van der Waals surface area contributed by atoms with Crippen molar-refractivity contribution < 1.29 is 4.79 Å². The normalized spacial score (nSPS) is 41.4. The van der Waals surface area contributed by atoms with Gasteiger partial charge >= 0.3 is 0 Å². The lowest BCUT2D eigenvalue weighted by Crippen LogP contribution is -2.46. The smallest absolute Gasteiger partial charge is 0.244 e. The molecule has 2 rings (SSSR count). The first-order chi connectivity index (χ1) is 8.51. The summed E-state index contributed by atoms with van der Waals surface area (Å²) in [5.74, 6) is 1.17. The quantitative estimate of drug-likeness (QED) is 0.837. The minimum Gasteiger partial charge on any atom is -0.323 e. The summed E-state index contributed by atoms with van der Waals surface area (Å²) >= 11 is 0. The molecule has 1 N–H and O–H groups in total. The molecule has 2 fully saturated rings. The van der Waals surface area contributed by atoms with Crippen LogP contribution >= 0.6 is 0 Å². The number of nitrogens with one attached hydrogen (secondary N) is 1. The lowest BCUT2D eigenvalue weighted by atomic mass is 9.86. The van der Waals surface area contributed by atoms with Crippen molar-refractivity contribution >= 4 is 5.91 Å². The van der Waals surface area contributed by atoms with E-state index in [0.29, 0.717) is 11.9 Å². The van der Waals surface area contributed by atoms with Crippen LogP contribution in [-0.4, -0.2) is 28.6 Å². The maximum absolute atomic E-state index is 12.7. The molecule has 104 valence electrons. The summed E-state index contributed by atoms with van der Waals surface area (Å²) in [5, 5.41) is 3.55. The van der Waals surface area contributed by atoms with Crippen molar-refractivity contribution in [2.75, 3.05) is 0 Å². The van der Waals surface area contributed by atoms with Crippen LogP contribution in [0.3, 0.4) is 0 Å². The number of carbonyl (C=O) groups is 1. The van der Waals surface area contributed by atoms with Gasteiger partial charge in [0.2, 0.25) is 5.91 Å². The van der Waals surface area contributed by atoms with Crippen molar-refractivity contribution in [3.8, 4) is 0 Å². The summed E-state index contributed by atoms with van der Waals surface area (Å²) in [5.41, 5.74) is -0.330. The van der Waals surface area contributed by atoms with Crippen LogP contribution in [-0.2, 0) is 4.79 Å². The Bertz CT molecular complexity index is 310. The third kappa shape index (κ3) is 2.29.